The zero-order valence-corrected chi connectivity index (χ0v) is 17.2. The van der Waals surface area contributed by atoms with Crippen molar-refractivity contribution in [2.75, 3.05) is 32.8 Å². The van der Waals surface area contributed by atoms with E-state index in [1.54, 1.807) is 0 Å². The summed E-state index contributed by atoms with van der Waals surface area (Å²) in [6, 6.07) is 9.61. The molecule has 1 aliphatic carbocycles. The molecule has 4 rings (SSSR count). The van der Waals surface area contributed by atoms with Gasteiger partial charge in [0.25, 0.3) is 0 Å². The smallest absolute Gasteiger partial charge is 0.224 e. The summed E-state index contributed by atoms with van der Waals surface area (Å²) in [5, 5.41) is 3.21. The Hall–Kier alpha value is -1.59. The van der Waals surface area contributed by atoms with Crippen LogP contribution >= 0.6 is 0 Å². The van der Waals surface area contributed by atoms with Crippen molar-refractivity contribution in [3.8, 4) is 5.75 Å². The highest BCUT2D eigenvalue weighted by molar-refractivity contribution is 5.79. The molecule has 0 unspecified atom stereocenters. The summed E-state index contributed by atoms with van der Waals surface area (Å²) < 4.78 is 5.63. The van der Waals surface area contributed by atoms with E-state index in [1.165, 1.54) is 31.2 Å². The van der Waals surface area contributed by atoms with Crippen LogP contribution in [0.25, 0.3) is 0 Å². The second kappa shape index (κ2) is 9.27. The van der Waals surface area contributed by atoms with Crippen molar-refractivity contribution in [2.45, 2.75) is 64.1 Å². The van der Waals surface area contributed by atoms with Crippen LogP contribution in [0.1, 0.15) is 51.0 Å². The van der Waals surface area contributed by atoms with Crippen LogP contribution in [-0.4, -0.2) is 60.6 Å². The van der Waals surface area contributed by atoms with Gasteiger partial charge in [-0.05, 0) is 82.8 Å². The van der Waals surface area contributed by atoms with E-state index in [-0.39, 0.29) is 5.92 Å². The molecule has 3 aliphatic rings. The number of nitrogens with zero attached hydrogens (tertiary/aromatic N) is 2. The first-order chi connectivity index (χ1) is 13.7. The molecule has 2 aliphatic heterocycles. The highest BCUT2D eigenvalue weighted by Gasteiger charge is 2.33. The fourth-order valence-corrected chi connectivity index (χ4v) is 4.70. The molecule has 3 fully saturated rings. The molecule has 5 nitrogen and oxygen atoms in total. The van der Waals surface area contributed by atoms with Gasteiger partial charge in [0.05, 0.1) is 12.5 Å². The van der Waals surface area contributed by atoms with Crippen molar-refractivity contribution in [2.24, 2.45) is 5.92 Å². The molecule has 5 heteroatoms. The lowest BCUT2D eigenvalue weighted by atomic mass is 9.93. The van der Waals surface area contributed by atoms with Crippen molar-refractivity contribution in [1.82, 2.24) is 15.1 Å². The molecule has 1 aromatic carbocycles. The van der Waals surface area contributed by atoms with Crippen LogP contribution in [0.15, 0.2) is 24.3 Å². The van der Waals surface area contributed by atoms with Crippen molar-refractivity contribution in [3.05, 3.63) is 29.8 Å². The van der Waals surface area contributed by atoms with E-state index >= 15 is 0 Å². The van der Waals surface area contributed by atoms with E-state index in [0.29, 0.717) is 24.6 Å². The Kier molecular flexibility index (Phi) is 6.53. The molecule has 2 saturated heterocycles. The number of carbonyl (C=O) groups is 1. The maximum atomic E-state index is 12.4. The number of hydrogen-bond donors (Lipinski definition) is 1. The van der Waals surface area contributed by atoms with Gasteiger partial charge in [0, 0.05) is 25.2 Å². The van der Waals surface area contributed by atoms with Crippen LogP contribution in [0.2, 0.25) is 0 Å². The molecule has 1 atom stereocenters. The molecule has 0 spiro atoms. The number of rotatable bonds is 7. The SMILES string of the molecule is CCOc1cccc(CN2CCC(N3CCC[C@@H](C(=O)NC4CC4)C3)CC2)c1. The van der Waals surface area contributed by atoms with Gasteiger partial charge in [0.1, 0.15) is 5.75 Å². The van der Waals surface area contributed by atoms with Gasteiger partial charge in [0.15, 0.2) is 0 Å². The minimum atomic E-state index is 0.202. The van der Waals surface area contributed by atoms with E-state index in [2.05, 4.69) is 33.3 Å². The predicted molar refractivity (Wildman–Crippen MR) is 111 cm³/mol. The second-order valence-corrected chi connectivity index (χ2v) is 8.70. The molecular weight excluding hydrogens is 350 g/mol. The van der Waals surface area contributed by atoms with Crippen LogP contribution in [0.4, 0.5) is 0 Å². The number of ether oxygens (including phenoxy) is 1. The van der Waals surface area contributed by atoms with Crippen molar-refractivity contribution in [1.29, 1.82) is 0 Å². The lowest BCUT2D eigenvalue weighted by molar-refractivity contribution is -0.127. The second-order valence-electron chi connectivity index (χ2n) is 8.70. The molecule has 0 radical (unpaired) electrons. The number of likely N-dealkylation sites (tertiary alicyclic amines) is 2. The van der Waals surface area contributed by atoms with E-state index < -0.39 is 0 Å². The standard InChI is InChI=1S/C23H35N3O2/c1-2-28-22-7-3-5-18(15-22)16-25-13-10-21(11-14-25)26-12-4-6-19(17-26)23(27)24-20-8-9-20/h3,5,7,15,19-21H,2,4,6,8-14,16-17H2,1H3,(H,24,27)/t19-/m1/s1. The molecule has 1 amide bonds. The van der Waals surface area contributed by atoms with Gasteiger partial charge in [0.2, 0.25) is 5.91 Å². The molecule has 0 aromatic heterocycles. The maximum Gasteiger partial charge on any atom is 0.224 e. The number of piperidine rings is 2. The molecule has 154 valence electrons. The Morgan fingerprint density at radius 3 is 2.71 bits per heavy atom. The molecular formula is C23H35N3O2. The summed E-state index contributed by atoms with van der Waals surface area (Å²) in [5.41, 5.74) is 1.33. The number of nitrogens with one attached hydrogen (secondary N) is 1. The van der Waals surface area contributed by atoms with Crippen LogP contribution in [0.5, 0.6) is 5.75 Å². The van der Waals surface area contributed by atoms with Crippen LogP contribution in [0.3, 0.4) is 0 Å². The van der Waals surface area contributed by atoms with Gasteiger partial charge >= 0.3 is 0 Å². The molecule has 1 N–H and O–H groups in total. The third kappa shape index (κ3) is 5.26. The Balaban J connectivity index is 1.24. The topological polar surface area (TPSA) is 44.8 Å². The Morgan fingerprint density at radius 2 is 1.96 bits per heavy atom. The van der Waals surface area contributed by atoms with Crippen LogP contribution in [0, 0.1) is 5.92 Å². The van der Waals surface area contributed by atoms with E-state index in [4.69, 9.17) is 4.74 Å². The largest absolute Gasteiger partial charge is 0.494 e. The summed E-state index contributed by atoms with van der Waals surface area (Å²) >= 11 is 0. The van der Waals surface area contributed by atoms with E-state index in [0.717, 1.165) is 51.3 Å². The molecule has 1 saturated carbocycles. The van der Waals surface area contributed by atoms with E-state index in [1.807, 2.05) is 13.0 Å². The summed E-state index contributed by atoms with van der Waals surface area (Å²) in [6.07, 6.45) is 6.99. The van der Waals surface area contributed by atoms with Gasteiger partial charge in [-0.15, -0.1) is 0 Å². The minimum absolute atomic E-state index is 0.202. The lowest BCUT2D eigenvalue weighted by Gasteiger charge is -2.42. The van der Waals surface area contributed by atoms with Gasteiger partial charge in [-0.3, -0.25) is 14.6 Å². The third-order valence-corrected chi connectivity index (χ3v) is 6.44. The fraction of sp³-hybridized carbons (Fsp3) is 0.696. The molecule has 1 aromatic rings. The average molecular weight is 386 g/mol. The highest BCUT2D eigenvalue weighted by atomic mass is 16.5. The summed E-state index contributed by atoms with van der Waals surface area (Å²) in [5.74, 6) is 1.48. The molecule has 28 heavy (non-hydrogen) atoms. The quantitative estimate of drug-likeness (QED) is 0.784. The average Bonchev–Trinajstić information content (AvgIpc) is 3.53. The first kappa shape index (κ1) is 19.7. The fourth-order valence-electron chi connectivity index (χ4n) is 4.70. The van der Waals surface area contributed by atoms with Crippen molar-refractivity contribution >= 4 is 5.91 Å². The zero-order chi connectivity index (χ0) is 19.3. The first-order valence-electron chi connectivity index (χ1n) is 11.2. The Labute approximate surface area is 169 Å². The van der Waals surface area contributed by atoms with Crippen LogP contribution < -0.4 is 10.1 Å². The lowest BCUT2D eigenvalue weighted by Crippen LogP contribution is -2.50. The maximum absolute atomic E-state index is 12.4. The number of benzene rings is 1. The van der Waals surface area contributed by atoms with Gasteiger partial charge in [-0.25, -0.2) is 0 Å². The summed E-state index contributed by atoms with van der Waals surface area (Å²) in [6.45, 7) is 8.13. The summed E-state index contributed by atoms with van der Waals surface area (Å²) in [4.78, 5) is 17.6. The van der Waals surface area contributed by atoms with Crippen molar-refractivity contribution in [3.63, 3.8) is 0 Å². The van der Waals surface area contributed by atoms with Crippen LogP contribution in [-0.2, 0) is 11.3 Å². The molecule has 0 bridgehead atoms. The Bertz CT molecular complexity index is 653. The Morgan fingerprint density at radius 1 is 1.14 bits per heavy atom. The van der Waals surface area contributed by atoms with Gasteiger partial charge in [-0.2, -0.15) is 0 Å². The number of amides is 1. The zero-order valence-electron chi connectivity index (χ0n) is 17.2. The molecule has 2 heterocycles. The number of carbonyl (C=O) groups excluding carboxylic acids is 1. The third-order valence-electron chi connectivity index (χ3n) is 6.44. The van der Waals surface area contributed by atoms with E-state index in [9.17, 15) is 4.79 Å². The van der Waals surface area contributed by atoms with Gasteiger partial charge in [-0.1, -0.05) is 12.1 Å². The predicted octanol–water partition coefficient (Wildman–Crippen LogP) is 3.04. The highest BCUT2D eigenvalue weighted by Crippen LogP contribution is 2.26. The monoisotopic (exact) mass is 385 g/mol. The van der Waals surface area contributed by atoms with Gasteiger partial charge < -0.3 is 10.1 Å². The summed E-state index contributed by atoms with van der Waals surface area (Å²) in [7, 11) is 0. The minimum Gasteiger partial charge on any atom is -0.494 e. The van der Waals surface area contributed by atoms with Crippen molar-refractivity contribution < 1.29 is 9.53 Å². The number of hydrogen-bond acceptors (Lipinski definition) is 4. The normalized spacial score (nSPS) is 24.8. The first-order valence-corrected chi connectivity index (χ1v) is 11.2.